The molecule has 3 aromatic rings. The minimum absolute atomic E-state index is 0.318. The second-order valence-corrected chi connectivity index (χ2v) is 6.51. The average Bonchev–Trinajstić information content (AvgIpc) is 3.07. The Morgan fingerprint density at radius 2 is 2.24 bits per heavy atom. The van der Waals surface area contributed by atoms with E-state index in [0.29, 0.717) is 20.0 Å². The number of hydrazone groups is 1. The first-order chi connectivity index (χ1) is 10.1. The normalized spacial score (nSPS) is 11.3. The van der Waals surface area contributed by atoms with Gasteiger partial charge < -0.3 is 0 Å². The van der Waals surface area contributed by atoms with Crippen molar-refractivity contribution in [2.45, 2.75) is 0 Å². The highest BCUT2D eigenvalue weighted by molar-refractivity contribution is 7.21. The van der Waals surface area contributed by atoms with Crippen LogP contribution in [0, 0.1) is 5.82 Å². The number of amides is 1. The second kappa shape index (κ2) is 5.93. The number of carbonyl (C=O) groups excluding carboxylic acids is 1. The molecule has 21 heavy (non-hydrogen) atoms. The van der Waals surface area contributed by atoms with E-state index in [-0.39, 0.29) is 5.82 Å². The first-order valence-corrected chi connectivity index (χ1v) is 7.97. The van der Waals surface area contributed by atoms with Gasteiger partial charge in [0.25, 0.3) is 5.91 Å². The Balaban J connectivity index is 1.83. The monoisotopic (exact) mass is 338 g/mol. The molecule has 0 spiro atoms. The Morgan fingerprint density at radius 3 is 3.00 bits per heavy atom. The first kappa shape index (κ1) is 14.2. The minimum Gasteiger partial charge on any atom is -0.266 e. The summed E-state index contributed by atoms with van der Waals surface area (Å²) in [4.78, 5) is 13.3. The van der Waals surface area contributed by atoms with E-state index >= 15 is 0 Å². The zero-order valence-corrected chi connectivity index (χ0v) is 12.9. The van der Waals surface area contributed by atoms with E-state index in [9.17, 15) is 9.18 Å². The van der Waals surface area contributed by atoms with Crippen LogP contribution in [0.4, 0.5) is 4.39 Å². The van der Waals surface area contributed by atoms with Crippen molar-refractivity contribution in [1.29, 1.82) is 0 Å². The molecule has 0 saturated carbocycles. The highest BCUT2D eigenvalue weighted by Gasteiger charge is 2.17. The van der Waals surface area contributed by atoms with Gasteiger partial charge in [-0.2, -0.15) is 5.10 Å². The number of halogens is 2. The van der Waals surface area contributed by atoms with Crippen LogP contribution in [0.25, 0.3) is 10.1 Å². The quantitative estimate of drug-likeness (QED) is 0.553. The number of rotatable bonds is 3. The fourth-order valence-corrected chi connectivity index (χ4v) is 3.77. The van der Waals surface area contributed by atoms with Crippen LogP contribution in [-0.4, -0.2) is 12.1 Å². The number of nitrogens with zero attached hydrogens (tertiary/aromatic N) is 1. The standard InChI is InChI=1S/C14H8ClFN2OS2/c15-12-10-4-3-8(16)6-11(10)21-13(12)14(19)18-17-7-9-2-1-5-20-9/h1-7H,(H,18,19)/b17-7+. The van der Waals surface area contributed by atoms with Gasteiger partial charge in [-0.15, -0.1) is 22.7 Å². The molecule has 0 unspecified atom stereocenters. The molecule has 0 atom stereocenters. The summed E-state index contributed by atoms with van der Waals surface area (Å²) in [6.45, 7) is 0. The third-order valence-corrected chi connectivity index (χ3v) is 5.16. The largest absolute Gasteiger partial charge is 0.283 e. The van der Waals surface area contributed by atoms with E-state index in [0.717, 1.165) is 16.2 Å². The van der Waals surface area contributed by atoms with Crippen molar-refractivity contribution in [1.82, 2.24) is 5.43 Å². The van der Waals surface area contributed by atoms with Gasteiger partial charge in [0.05, 0.1) is 11.2 Å². The van der Waals surface area contributed by atoms with E-state index in [1.54, 1.807) is 12.3 Å². The highest BCUT2D eigenvalue weighted by Crippen LogP contribution is 2.35. The van der Waals surface area contributed by atoms with Crippen LogP contribution in [0.5, 0.6) is 0 Å². The molecular weight excluding hydrogens is 331 g/mol. The molecule has 2 heterocycles. The van der Waals surface area contributed by atoms with Crippen LogP contribution in [0.15, 0.2) is 40.8 Å². The van der Waals surface area contributed by atoms with Gasteiger partial charge >= 0.3 is 0 Å². The van der Waals surface area contributed by atoms with Gasteiger partial charge in [0, 0.05) is 15.0 Å². The number of benzene rings is 1. The third-order valence-electron chi connectivity index (χ3n) is 2.70. The van der Waals surface area contributed by atoms with E-state index in [2.05, 4.69) is 10.5 Å². The van der Waals surface area contributed by atoms with E-state index in [4.69, 9.17) is 11.6 Å². The van der Waals surface area contributed by atoms with Crippen molar-refractivity contribution in [2.24, 2.45) is 5.10 Å². The summed E-state index contributed by atoms with van der Waals surface area (Å²) in [5, 5.41) is 6.78. The SMILES string of the molecule is O=C(N/N=C/c1cccs1)c1sc2cc(F)ccc2c1Cl. The molecule has 0 radical (unpaired) electrons. The average molecular weight is 339 g/mol. The number of nitrogens with one attached hydrogen (secondary N) is 1. The van der Waals surface area contributed by atoms with Gasteiger partial charge in [-0.3, -0.25) is 4.79 Å². The zero-order valence-electron chi connectivity index (χ0n) is 10.5. The minimum atomic E-state index is -0.408. The van der Waals surface area contributed by atoms with Crippen LogP contribution in [0.2, 0.25) is 5.02 Å². The summed E-state index contributed by atoms with van der Waals surface area (Å²) < 4.78 is 13.8. The number of hydrogen-bond acceptors (Lipinski definition) is 4. The summed E-state index contributed by atoms with van der Waals surface area (Å²) in [5.74, 6) is -0.766. The molecular formula is C14H8ClFN2OS2. The molecule has 0 aliphatic heterocycles. The maximum atomic E-state index is 13.2. The lowest BCUT2D eigenvalue weighted by atomic mass is 10.2. The van der Waals surface area contributed by atoms with Crippen molar-refractivity contribution in [3.8, 4) is 0 Å². The fraction of sp³-hybridized carbons (Fsp3) is 0. The molecule has 0 bridgehead atoms. The summed E-state index contributed by atoms with van der Waals surface area (Å²) >= 11 is 8.81. The van der Waals surface area contributed by atoms with E-state index in [1.807, 2.05) is 17.5 Å². The Kier molecular flexibility index (Phi) is 4.01. The molecule has 106 valence electrons. The van der Waals surface area contributed by atoms with Gasteiger partial charge in [-0.1, -0.05) is 17.7 Å². The van der Waals surface area contributed by atoms with Crippen molar-refractivity contribution in [2.75, 3.05) is 0 Å². The number of thiophene rings is 2. The maximum absolute atomic E-state index is 13.2. The van der Waals surface area contributed by atoms with Crippen LogP contribution in [-0.2, 0) is 0 Å². The number of hydrogen-bond donors (Lipinski definition) is 1. The number of carbonyl (C=O) groups is 1. The summed E-state index contributed by atoms with van der Waals surface area (Å²) in [5.41, 5.74) is 2.42. The molecule has 0 fully saturated rings. The van der Waals surface area contributed by atoms with Crippen LogP contribution >= 0.6 is 34.3 Å². The molecule has 1 N–H and O–H groups in total. The van der Waals surface area contributed by atoms with Crippen LogP contribution in [0.1, 0.15) is 14.5 Å². The smallest absolute Gasteiger partial charge is 0.266 e. The van der Waals surface area contributed by atoms with Gasteiger partial charge in [0.15, 0.2) is 0 Å². The van der Waals surface area contributed by atoms with Gasteiger partial charge in [-0.25, -0.2) is 9.82 Å². The van der Waals surface area contributed by atoms with Crippen molar-refractivity contribution >= 4 is 56.5 Å². The summed E-state index contributed by atoms with van der Waals surface area (Å²) in [6.07, 6.45) is 1.56. The van der Waals surface area contributed by atoms with Gasteiger partial charge in [0.2, 0.25) is 0 Å². The fourth-order valence-electron chi connectivity index (χ4n) is 1.76. The molecule has 3 nitrogen and oxygen atoms in total. The molecule has 0 saturated heterocycles. The molecule has 0 aliphatic rings. The molecule has 7 heteroatoms. The Hall–Kier alpha value is -1.76. The lowest BCUT2D eigenvalue weighted by Gasteiger charge is -1.96. The molecule has 2 aromatic heterocycles. The topological polar surface area (TPSA) is 41.5 Å². The van der Waals surface area contributed by atoms with Crippen molar-refractivity contribution in [3.63, 3.8) is 0 Å². The predicted octanol–water partition coefficient (Wildman–Crippen LogP) is 4.52. The molecule has 3 rings (SSSR count). The Labute approximate surface area is 132 Å². The third kappa shape index (κ3) is 2.97. The highest BCUT2D eigenvalue weighted by atomic mass is 35.5. The lowest BCUT2D eigenvalue weighted by Crippen LogP contribution is -2.16. The Morgan fingerprint density at radius 1 is 1.38 bits per heavy atom. The zero-order chi connectivity index (χ0) is 14.8. The van der Waals surface area contributed by atoms with Crippen LogP contribution in [0.3, 0.4) is 0 Å². The summed E-state index contributed by atoms with van der Waals surface area (Å²) in [7, 11) is 0. The Bertz CT molecular complexity index is 827. The van der Waals surface area contributed by atoms with Crippen molar-refractivity contribution < 1.29 is 9.18 Å². The molecule has 0 aliphatic carbocycles. The van der Waals surface area contributed by atoms with Crippen LogP contribution < -0.4 is 5.43 Å². The number of fused-ring (bicyclic) bond motifs is 1. The van der Waals surface area contributed by atoms with Crippen molar-refractivity contribution in [3.05, 3.63) is 56.3 Å². The summed E-state index contributed by atoms with van der Waals surface area (Å²) in [6, 6.07) is 8.02. The second-order valence-electron chi connectivity index (χ2n) is 4.10. The van der Waals surface area contributed by atoms with E-state index < -0.39 is 5.91 Å². The van der Waals surface area contributed by atoms with E-state index in [1.165, 1.54) is 23.5 Å². The molecule has 1 aromatic carbocycles. The molecule has 1 amide bonds. The predicted molar refractivity (Wildman–Crippen MR) is 86.2 cm³/mol. The van der Waals surface area contributed by atoms with Gasteiger partial charge in [-0.05, 0) is 29.6 Å². The first-order valence-electron chi connectivity index (χ1n) is 5.89. The van der Waals surface area contributed by atoms with Gasteiger partial charge in [0.1, 0.15) is 10.7 Å². The lowest BCUT2D eigenvalue weighted by molar-refractivity contribution is 0.0959. The maximum Gasteiger partial charge on any atom is 0.283 e.